The lowest BCUT2D eigenvalue weighted by Gasteiger charge is -2.47. The Hall–Kier alpha value is -0.650. The van der Waals surface area contributed by atoms with Gasteiger partial charge in [-0.1, -0.05) is 54.5 Å². The summed E-state index contributed by atoms with van der Waals surface area (Å²) < 4.78 is 7.67. The summed E-state index contributed by atoms with van der Waals surface area (Å²) in [6.45, 7) is 7.07. The fourth-order valence-electron chi connectivity index (χ4n) is 4.26. The Balaban J connectivity index is 0.00000261. The number of fused-ring (bicyclic) bond motifs is 1. The molecule has 1 fully saturated rings. The topological polar surface area (TPSA) is 59.1 Å². The Morgan fingerprint density at radius 3 is 2.63 bits per heavy atom. The van der Waals surface area contributed by atoms with E-state index in [1.165, 1.54) is 35.7 Å². The highest BCUT2D eigenvalue weighted by Gasteiger charge is 2.43. The molecular weight excluding hydrogens is 444 g/mol. The lowest BCUT2D eigenvalue weighted by atomic mass is 9.66. The summed E-state index contributed by atoms with van der Waals surface area (Å²) in [6, 6.07) is 6.29. The van der Waals surface area contributed by atoms with Crippen LogP contribution in [-0.2, 0) is 0 Å². The van der Waals surface area contributed by atoms with E-state index in [9.17, 15) is 0 Å². The number of nitrogens with one attached hydrogen (secondary N) is 1. The zero-order valence-corrected chi connectivity index (χ0v) is 19.5. The molecule has 150 valence electrons. The highest BCUT2D eigenvalue weighted by Crippen LogP contribution is 2.50. The average Bonchev–Trinajstić information content (AvgIpc) is 2.55. The van der Waals surface area contributed by atoms with Crippen LogP contribution in [-0.4, -0.2) is 16.5 Å². The molecule has 1 spiro atoms. The van der Waals surface area contributed by atoms with Gasteiger partial charge in [0, 0.05) is 22.2 Å². The molecule has 1 heterocycles. The van der Waals surface area contributed by atoms with Crippen LogP contribution >= 0.6 is 40.1 Å². The number of hydrogen-bond donors (Lipinski definition) is 2. The standard InChI is InChI=1S/C21H29BrN2OS.ClH/c1-20(2,3)15-6-9-21(10-7-15)13-14(8-11-26-19(23)24)17-12-16(22)4-5-18(17)25-21;/h4-5,8,12,15H,6-7,9-11,13H2,1-3H3,(H3,23,24);1H. The van der Waals surface area contributed by atoms with E-state index < -0.39 is 0 Å². The first-order valence-electron chi connectivity index (χ1n) is 9.33. The van der Waals surface area contributed by atoms with Gasteiger partial charge in [-0.2, -0.15) is 0 Å². The van der Waals surface area contributed by atoms with Gasteiger partial charge in [0.05, 0.1) is 0 Å². The molecule has 3 N–H and O–H groups in total. The van der Waals surface area contributed by atoms with Crippen molar-refractivity contribution in [2.75, 3.05) is 5.75 Å². The fourth-order valence-corrected chi connectivity index (χ4v) is 5.08. The quantitative estimate of drug-likeness (QED) is 0.374. The minimum Gasteiger partial charge on any atom is -0.486 e. The maximum Gasteiger partial charge on any atom is 0.151 e. The number of ether oxygens (including phenoxy) is 1. The van der Waals surface area contributed by atoms with Crippen molar-refractivity contribution in [1.29, 1.82) is 5.41 Å². The third-order valence-corrected chi connectivity index (χ3v) is 6.95. The monoisotopic (exact) mass is 472 g/mol. The molecular formula is C21H30BrClN2OS. The molecule has 6 heteroatoms. The van der Waals surface area contributed by atoms with Crippen LogP contribution in [0.3, 0.4) is 0 Å². The molecule has 1 saturated carbocycles. The zero-order chi connectivity index (χ0) is 18.9. The Bertz CT molecular complexity index is 721. The number of thioether (sulfide) groups is 1. The van der Waals surface area contributed by atoms with Gasteiger partial charge in [0.1, 0.15) is 11.4 Å². The third kappa shape index (κ3) is 5.45. The lowest BCUT2D eigenvalue weighted by molar-refractivity contribution is -0.00398. The largest absolute Gasteiger partial charge is 0.486 e. The predicted octanol–water partition coefficient (Wildman–Crippen LogP) is 6.64. The second kappa shape index (κ2) is 8.79. The van der Waals surface area contributed by atoms with E-state index in [-0.39, 0.29) is 23.2 Å². The molecule has 27 heavy (non-hydrogen) atoms. The molecule has 1 aromatic rings. The maximum absolute atomic E-state index is 7.44. The molecule has 0 aromatic heterocycles. The van der Waals surface area contributed by atoms with Crippen LogP contribution in [0.25, 0.3) is 5.57 Å². The van der Waals surface area contributed by atoms with Crippen LogP contribution in [0.15, 0.2) is 28.7 Å². The van der Waals surface area contributed by atoms with E-state index in [1.54, 1.807) is 0 Å². The van der Waals surface area contributed by atoms with Gasteiger partial charge in [-0.05, 0) is 60.8 Å². The van der Waals surface area contributed by atoms with E-state index in [1.807, 2.05) is 0 Å². The third-order valence-electron chi connectivity index (χ3n) is 5.82. The first kappa shape index (κ1) is 22.6. The van der Waals surface area contributed by atoms with E-state index >= 15 is 0 Å². The summed E-state index contributed by atoms with van der Waals surface area (Å²) in [7, 11) is 0. The van der Waals surface area contributed by atoms with Crippen molar-refractivity contribution in [3.8, 4) is 5.75 Å². The number of nitrogens with two attached hydrogens (primary N) is 1. The first-order chi connectivity index (χ1) is 12.2. The summed E-state index contributed by atoms with van der Waals surface area (Å²) in [5.41, 5.74) is 8.30. The summed E-state index contributed by atoms with van der Waals surface area (Å²) >= 11 is 4.96. The van der Waals surface area contributed by atoms with Crippen LogP contribution in [0.1, 0.15) is 58.4 Å². The lowest BCUT2D eigenvalue weighted by Crippen LogP contribution is -2.44. The second-order valence-electron chi connectivity index (χ2n) is 8.65. The molecule has 3 nitrogen and oxygen atoms in total. The first-order valence-corrected chi connectivity index (χ1v) is 11.1. The molecule has 1 aliphatic carbocycles. The molecule has 0 radical (unpaired) electrons. The van der Waals surface area contributed by atoms with Gasteiger partial charge in [0.2, 0.25) is 0 Å². The van der Waals surface area contributed by atoms with Gasteiger partial charge < -0.3 is 10.5 Å². The molecule has 2 aliphatic rings. The molecule has 0 atom stereocenters. The van der Waals surface area contributed by atoms with Crippen molar-refractivity contribution in [1.82, 2.24) is 0 Å². The highest BCUT2D eigenvalue weighted by atomic mass is 79.9. The Morgan fingerprint density at radius 2 is 2.04 bits per heavy atom. The number of hydrogen-bond acceptors (Lipinski definition) is 3. The van der Waals surface area contributed by atoms with Crippen molar-refractivity contribution in [2.45, 2.75) is 58.5 Å². The van der Waals surface area contributed by atoms with Crippen LogP contribution in [0, 0.1) is 16.7 Å². The highest BCUT2D eigenvalue weighted by molar-refractivity contribution is 9.10. The summed E-state index contributed by atoms with van der Waals surface area (Å²) in [6.07, 6.45) is 7.86. The molecule has 0 saturated heterocycles. The normalized spacial score (nSPS) is 26.2. The van der Waals surface area contributed by atoms with Gasteiger partial charge in [0.15, 0.2) is 5.17 Å². The van der Waals surface area contributed by atoms with Gasteiger partial charge >= 0.3 is 0 Å². The second-order valence-corrected chi connectivity index (χ2v) is 10.6. The van der Waals surface area contributed by atoms with Crippen molar-refractivity contribution in [3.05, 3.63) is 34.3 Å². The minimum absolute atomic E-state index is 0. The molecule has 0 amide bonds. The van der Waals surface area contributed by atoms with Crippen LogP contribution in [0.5, 0.6) is 5.75 Å². The predicted molar refractivity (Wildman–Crippen MR) is 123 cm³/mol. The van der Waals surface area contributed by atoms with Crippen molar-refractivity contribution < 1.29 is 4.74 Å². The van der Waals surface area contributed by atoms with Gasteiger partial charge in [0.25, 0.3) is 0 Å². The van der Waals surface area contributed by atoms with Crippen LogP contribution in [0.2, 0.25) is 0 Å². The Kier molecular flexibility index (Phi) is 7.37. The zero-order valence-electron chi connectivity index (χ0n) is 16.3. The van der Waals surface area contributed by atoms with Crippen molar-refractivity contribution >= 4 is 50.8 Å². The number of benzene rings is 1. The van der Waals surface area contributed by atoms with Gasteiger partial charge in [-0.3, -0.25) is 5.41 Å². The molecule has 3 rings (SSSR count). The minimum atomic E-state index is -0.0741. The molecule has 0 unspecified atom stereocenters. The number of rotatable bonds is 2. The summed E-state index contributed by atoms with van der Waals surface area (Å²) in [4.78, 5) is 0. The van der Waals surface area contributed by atoms with Crippen LogP contribution < -0.4 is 10.5 Å². The van der Waals surface area contributed by atoms with E-state index in [0.29, 0.717) is 5.41 Å². The smallest absolute Gasteiger partial charge is 0.151 e. The van der Waals surface area contributed by atoms with Gasteiger partial charge in [-0.25, -0.2) is 0 Å². The maximum atomic E-state index is 7.44. The summed E-state index contributed by atoms with van der Waals surface area (Å²) in [5.74, 6) is 2.49. The SMILES string of the molecule is CC(C)(C)C1CCC2(CC1)CC(=CCSC(=N)N)c1cc(Br)ccc1O2.Cl. The number of halogens is 2. The summed E-state index contributed by atoms with van der Waals surface area (Å²) in [5, 5.41) is 7.61. The average molecular weight is 474 g/mol. The molecule has 0 bridgehead atoms. The van der Waals surface area contributed by atoms with Crippen molar-refractivity contribution in [3.63, 3.8) is 0 Å². The number of amidine groups is 1. The molecule has 1 aliphatic heterocycles. The van der Waals surface area contributed by atoms with E-state index in [0.717, 1.165) is 41.2 Å². The van der Waals surface area contributed by atoms with E-state index in [4.69, 9.17) is 15.9 Å². The van der Waals surface area contributed by atoms with E-state index in [2.05, 4.69) is 61.0 Å². The van der Waals surface area contributed by atoms with Gasteiger partial charge in [-0.15, -0.1) is 12.4 Å². The van der Waals surface area contributed by atoms with Crippen molar-refractivity contribution in [2.24, 2.45) is 17.1 Å². The van der Waals surface area contributed by atoms with Crippen LogP contribution in [0.4, 0.5) is 0 Å². The molecule has 1 aromatic carbocycles. The Morgan fingerprint density at radius 1 is 1.37 bits per heavy atom. The Labute approximate surface area is 181 Å². The fraction of sp³-hybridized carbons (Fsp3) is 0.571.